The Morgan fingerprint density at radius 2 is 1.59 bits per heavy atom. The van der Waals surface area contributed by atoms with E-state index in [1.54, 1.807) is 4.90 Å². The van der Waals surface area contributed by atoms with Crippen molar-refractivity contribution in [2.45, 2.75) is 29.4 Å². The Kier molecular flexibility index (Phi) is 5.60. The molecule has 0 saturated carbocycles. The van der Waals surface area contributed by atoms with Gasteiger partial charge < -0.3 is 4.90 Å². The Hall–Kier alpha value is -1.52. The monoisotopic (exact) mass is 418 g/mol. The molecule has 7 nitrogen and oxygen atoms in total. The lowest BCUT2D eigenvalue weighted by Crippen LogP contribution is -2.44. The third-order valence-electron chi connectivity index (χ3n) is 5.31. The van der Waals surface area contributed by atoms with E-state index in [0.29, 0.717) is 38.9 Å². The second-order valence-corrected chi connectivity index (χ2v) is 11.3. The molecule has 2 fully saturated rings. The third-order valence-corrected chi connectivity index (χ3v) is 8.80. The van der Waals surface area contributed by atoms with E-state index in [9.17, 15) is 26.0 Å². The highest BCUT2D eigenvalue weighted by molar-refractivity contribution is 7.92. The van der Waals surface area contributed by atoms with Gasteiger partial charge in [0, 0.05) is 32.1 Å². The molecular weight excluding hydrogens is 395 g/mol. The van der Waals surface area contributed by atoms with Crippen LogP contribution in [0.5, 0.6) is 0 Å². The first-order valence-electron chi connectivity index (χ1n) is 8.82. The van der Waals surface area contributed by atoms with Crippen molar-refractivity contribution in [3.8, 4) is 0 Å². The standard InChI is InChI=1S/C17H23FN2O5S2/c1-26(22,23)20-10-6-13(7-11-20)17(21)19-9-8-16(12-19)27(24,25)15-4-2-14(18)3-5-15/h2-5,13,16H,6-12H2,1H3. The zero-order valence-electron chi connectivity index (χ0n) is 15.0. The first kappa shape index (κ1) is 20.2. The van der Waals surface area contributed by atoms with Crippen LogP contribution >= 0.6 is 0 Å². The highest BCUT2D eigenvalue weighted by Gasteiger charge is 2.39. The van der Waals surface area contributed by atoms with Gasteiger partial charge in [-0.1, -0.05) is 0 Å². The van der Waals surface area contributed by atoms with Crippen LogP contribution in [0.3, 0.4) is 0 Å². The fraction of sp³-hybridized carbons (Fsp3) is 0.588. The number of halogens is 1. The van der Waals surface area contributed by atoms with Crippen molar-refractivity contribution in [2.24, 2.45) is 5.92 Å². The summed E-state index contributed by atoms with van der Waals surface area (Å²) in [6.07, 6.45) is 2.38. The fourth-order valence-electron chi connectivity index (χ4n) is 3.69. The summed E-state index contributed by atoms with van der Waals surface area (Å²) in [5.41, 5.74) is 0. The summed E-state index contributed by atoms with van der Waals surface area (Å²) in [4.78, 5) is 14.3. The molecule has 0 aliphatic carbocycles. The predicted molar refractivity (Wildman–Crippen MR) is 97.7 cm³/mol. The van der Waals surface area contributed by atoms with E-state index in [-0.39, 0.29) is 23.3 Å². The van der Waals surface area contributed by atoms with E-state index < -0.39 is 30.9 Å². The largest absolute Gasteiger partial charge is 0.341 e. The number of hydrogen-bond donors (Lipinski definition) is 0. The Morgan fingerprint density at radius 3 is 2.15 bits per heavy atom. The van der Waals surface area contributed by atoms with Gasteiger partial charge in [-0.2, -0.15) is 0 Å². The number of sulfonamides is 1. The number of rotatable bonds is 4. The maximum Gasteiger partial charge on any atom is 0.225 e. The average molecular weight is 419 g/mol. The summed E-state index contributed by atoms with van der Waals surface area (Å²) in [6.45, 7) is 1.09. The molecule has 0 bridgehead atoms. The second-order valence-electron chi connectivity index (χ2n) is 7.13. The molecule has 2 aliphatic heterocycles. The summed E-state index contributed by atoms with van der Waals surface area (Å²) in [5, 5.41) is -0.706. The molecule has 0 radical (unpaired) electrons. The van der Waals surface area contributed by atoms with Crippen LogP contribution in [0.4, 0.5) is 4.39 Å². The molecule has 2 aliphatic rings. The van der Waals surface area contributed by atoms with Crippen molar-refractivity contribution in [3.05, 3.63) is 30.1 Å². The van der Waals surface area contributed by atoms with Crippen molar-refractivity contribution in [1.82, 2.24) is 9.21 Å². The molecule has 1 atom stereocenters. The first-order chi connectivity index (χ1) is 12.6. The van der Waals surface area contributed by atoms with Crippen LogP contribution in [-0.2, 0) is 24.7 Å². The first-order valence-corrected chi connectivity index (χ1v) is 12.2. The van der Waals surface area contributed by atoms with Gasteiger partial charge in [-0.05, 0) is 43.5 Å². The van der Waals surface area contributed by atoms with Crippen LogP contribution in [0.2, 0.25) is 0 Å². The SMILES string of the molecule is CS(=O)(=O)N1CCC(C(=O)N2CCC(S(=O)(=O)c3ccc(F)cc3)C2)CC1. The molecule has 3 rings (SSSR count). The maximum absolute atomic E-state index is 13.0. The Balaban J connectivity index is 1.62. The lowest BCUT2D eigenvalue weighted by Gasteiger charge is -2.31. The molecule has 2 saturated heterocycles. The van der Waals surface area contributed by atoms with Crippen LogP contribution in [0.15, 0.2) is 29.2 Å². The normalized spacial score (nSPS) is 22.9. The fourth-order valence-corrected chi connectivity index (χ4v) is 6.26. The van der Waals surface area contributed by atoms with Gasteiger partial charge in [0.1, 0.15) is 5.82 Å². The minimum Gasteiger partial charge on any atom is -0.341 e. The third kappa shape index (κ3) is 4.33. The second kappa shape index (κ2) is 7.48. The number of amides is 1. The van der Waals surface area contributed by atoms with Crippen LogP contribution in [-0.4, -0.2) is 69.6 Å². The molecule has 1 unspecified atom stereocenters. The summed E-state index contributed by atoms with van der Waals surface area (Å²) < 4.78 is 63.0. The maximum atomic E-state index is 13.0. The number of carbonyl (C=O) groups excluding carboxylic acids is 1. The van der Waals surface area contributed by atoms with Gasteiger partial charge in [0.2, 0.25) is 15.9 Å². The number of likely N-dealkylation sites (tertiary alicyclic amines) is 1. The molecular formula is C17H23FN2O5S2. The molecule has 10 heteroatoms. The van der Waals surface area contributed by atoms with Gasteiger partial charge in [-0.25, -0.2) is 25.5 Å². The molecule has 1 aromatic rings. The number of piperidine rings is 1. The van der Waals surface area contributed by atoms with Crippen molar-refractivity contribution in [2.75, 3.05) is 32.4 Å². The highest BCUT2D eigenvalue weighted by Crippen LogP contribution is 2.28. The van der Waals surface area contributed by atoms with Crippen molar-refractivity contribution in [3.63, 3.8) is 0 Å². The van der Waals surface area contributed by atoms with E-state index in [0.717, 1.165) is 18.4 Å². The van der Waals surface area contributed by atoms with Gasteiger partial charge in [0.05, 0.1) is 16.4 Å². The van der Waals surface area contributed by atoms with Gasteiger partial charge in [0.15, 0.2) is 9.84 Å². The molecule has 0 spiro atoms. The molecule has 150 valence electrons. The summed E-state index contributed by atoms with van der Waals surface area (Å²) in [6, 6.07) is 4.72. The van der Waals surface area contributed by atoms with Crippen molar-refractivity contribution >= 4 is 25.8 Å². The Bertz CT molecular complexity index is 907. The molecule has 1 amide bonds. The molecule has 0 aromatic heterocycles. The number of hydrogen-bond acceptors (Lipinski definition) is 5. The lowest BCUT2D eigenvalue weighted by atomic mass is 9.97. The van der Waals surface area contributed by atoms with Crippen LogP contribution < -0.4 is 0 Å². The van der Waals surface area contributed by atoms with Crippen molar-refractivity contribution < 1.29 is 26.0 Å². The number of carbonyl (C=O) groups is 1. The highest BCUT2D eigenvalue weighted by atomic mass is 32.2. The summed E-state index contributed by atoms with van der Waals surface area (Å²) in [5.74, 6) is -0.896. The minimum atomic E-state index is -3.63. The number of nitrogens with zero attached hydrogens (tertiary/aromatic N) is 2. The molecule has 0 N–H and O–H groups in total. The lowest BCUT2D eigenvalue weighted by molar-refractivity contribution is -0.135. The molecule has 27 heavy (non-hydrogen) atoms. The number of sulfone groups is 1. The average Bonchev–Trinajstić information content (AvgIpc) is 3.12. The van der Waals surface area contributed by atoms with Gasteiger partial charge in [0.25, 0.3) is 0 Å². The van der Waals surface area contributed by atoms with Crippen LogP contribution in [0.25, 0.3) is 0 Å². The van der Waals surface area contributed by atoms with Gasteiger partial charge in [-0.15, -0.1) is 0 Å². The van der Waals surface area contributed by atoms with Crippen LogP contribution in [0.1, 0.15) is 19.3 Å². The van der Waals surface area contributed by atoms with Crippen LogP contribution in [0, 0.1) is 11.7 Å². The number of benzene rings is 1. The molecule has 2 heterocycles. The molecule has 1 aromatic carbocycles. The van der Waals surface area contributed by atoms with Gasteiger partial charge >= 0.3 is 0 Å². The van der Waals surface area contributed by atoms with E-state index in [4.69, 9.17) is 0 Å². The van der Waals surface area contributed by atoms with E-state index in [1.807, 2.05) is 0 Å². The van der Waals surface area contributed by atoms with E-state index >= 15 is 0 Å². The summed E-state index contributed by atoms with van der Waals surface area (Å²) >= 11 is 0. The Labute approximate surface area is 159 Å². The van der Waals surface area contributed by atoms with Gasteiger partial charge in [-0.3, -0.25) is 4.79 Å². The quantitative estimate of drug-likeness (QED) is 0.677. The predicted octanol–water partition coefficient (Wildman–Crippen LogP) is 0.872. The van der Waals surface area contributed by atoms with Crippen molar-refractivity contribution in [1.29, 1.82) is 0 Å². The zero-order valence-corrected chi connectivity index (χ0v) is 16.7. The summed E-state index contributed by atoms with van der Waals surface area (Å²) in [7, 11) is -6.88. The van der Waals surface area contributed by atoms with E-state index in [1.165, 1.54) is 16.4 Å². The zero-order chi connectivity index (χ0) is 19.8. The van der Waals surface area contributed by atoms with E-state index in [2.05, 4.69) is 0 Å². The smallest absolute Gasteiger partial charge is 0.225 e. The minimum absolute atomic E-state index is 0.0599. The Morgan fingerprint density at radius 1 is 1.00 bits per heavy atom. The topological polar surface area (TPSA) is 91.8 Å².